The molecule has 0 spiro atoms. The lowest BCUT2D eigenvalue weighted by molar-refractivity contribution is -0.136. The summed E-state index contributed by atoms with van der Waals surface area (Å²) in [5.41, 5.74) is 2.19. The first-order valence-corrected chi connectivity index (χ1v) is 8.92. The minimum Gasteiger partial charge on any atom is -0.466 e. The molecule has 2 heterocycles. The van der Waals surface area contributed by atoms with E-state index < -0.39 is 5.97 Å². The number of hydrogen-bond donors (Lipinski definition) is 1. The van der Waals surface area contributed by atoms with Crippen molar-refractivity contribution in [3.8, 4) is 0 Å². The van der Waals surface area contributed by atoms with Crippen molar-refractivity contribution >= 4 is 40.3 Å². The highest BCUT2D eigenvalue weighted by atomic mass is 32.1. The second kappa shape index (κ2) is 6.93. The van der Waals surface area contributed by atoms with E-state index in [0.29, 0.717) is 27.6 Å². The highest BCUT2D eigenvalue weighted by Crippen LogP contribution is 2.36. The average Bonchev–Trinajstić information content (AvgIpc) is 3.11. The molecular formula is C18H17FN2O2S2. The standard InChI is InChI=1S/C18H17FN2O2S2/c1-10-6-7-12(9-13(10)19)21-11(2)15(17(22)23-3)16(20-18(21)24)14-5-4-8-25-14/h4-9,16H,1-3H3,(H,20,24). The van der Waals surface area contributed by atoms with E-state index in [1.54, 1.807) is 30.9 Å². The van der Waals surface area contributed by atoms with Crippen LogP contribution in [0.2, 0.25) is 0 Å². The van der Waals surface area contributed by atoms with Crippen molar-refractivity contribution in [2.45, 2.75) is 19.9 Å². The van der Waals surface area contributed by atoms with E-state index in [1.165, 1.54) is 24.5 Å². The molecule has 1 N–H and O–H groups in total. The third-order valence-corrected chi connectivity index (χ3v) is 5.37. The van der Waals surface area contributed by atoms with Crippen molar-refractivity contribution < 1.29 is 13.9 Å². The first-order valence-electron chi connectivity index (χ1n) is 7.63. The number of halogens is 1. The molecular weight excluding hydrogens is 359 g/mol. The van der Waals surface area contributed by atoms with Crippen molar-refractivity contribution in [2.75, 3.05) is 12.0 Å². The number of nitrogens with zero attached hydrogens (tertiary/aromatic N) is 1. The van der Waals surface area contributed by atoms with Gasteiger partial charge in [-0.2, -0.15) is 0 Å². The predicted octanol–water partition coefficient (Wildman–Crippen LogP) is 4.08. The maximum absolute atomic E-state index is 14.0. The molecule has 0 bridgehead atoms. The first-order chi connectivity index (χ1) is 11.9. The van der Waals surface area contributed by atoms with Crippen LogP contribution in [0.1, 0.15) is 23.4 Å². The molecule has 0 fully saturated rings. The van der Waals surface area contributed by atoms with Gasteiger partial charge >= 0.3 is 5.97 Å². The Balaban J connectivity index is 2.14. The van der Waals surface area contributed by atoms with Crippen molar-refractivity contribution in [3.05, 3.63) is 63.2 Å². The van der Waals surface area contributed by atoms with Crippen LogP contribution < -0.4 is 10.2 Å². The number of benzene rings is 1. The van der Waals surface area contributed by atoms with Gasteiger partial charge in [-0.3, -0.25) is 4.90 Å². The number of hydrogen-bond acceptors (Lipinski definition) is 4. The Morgan fingerprint density at radius 1 is 1.36 bits per heavy atom. The highest BCUT2D eigenvalue weighted by molar-refractivity contribution is 7.80. The Morgan fingerprint density at radius 3 is 2.72 bits per heavy atom. The van der Waals surface area contributed by atoms with Gasteiger partial charge in [0.25, 0.3) is 0 Å². The number of methoxy groups -OCH3 is 1. The van der Waals surface area contributed by atoms with Crippen LogP contribution in [0.5, 0.6) is 0 Å². The summed E-state index contributed by atoms with van der Waals surface area (Å²) in [4.78, 5) is 15.0. The van der Waals surface area contributed by atoms with Crippen molar-refractivity contribution in [2.24, 2.45) is 0 Å². The van der Waals surface area contributed by atoms with Gasteiger partial charge in [-0.1, -0.05) is 12.1 Å². The summed E-state index contributed by atoms with van der Waals surface area (Å²) >= 11 is 7.02. The van der Waals surface area contributed by atoms with E-state index in [9.17, 15) is 9.18 Å². The molecule has 1 unspecified atom stereocenters. The van der Waals surface area contributed by atoms with Gasteiger partial charge in [0.2, 0.25) is 0 Å². The highest BCUT2D eigenvalue weighted by Gasteiger charge is 2.35. The molecule has 1 aromatic carbocycles. The number of allylic oxidation sites excluding steroid dienone is 1. The van der Waals surface area contributed by atoms with E-state index in [-0.39, 0.29) is 11.9 Å². The molecule has 1 aromatic heterocycles. The van der Waals surface area contributed by atoms with Gasteiger partial charge in [0.05, 0.1) is 24.4 Å². The smallest absolute Gasteiger partial charge is 0.338 e. The number of esters is 1. The Kier molecular flexibility index (Phi) is 4.87. The Morgan fingerprint density at radius 2 is 2.12 bits per heavy atom. The van der Waals surface area contributed by atoms with Gasteiger partial charge in [0.15, 0.2) is 5.11 Å². The molecule has 0 amide bonds. The summed E-state index contributed by atoms with van der Waals surface area (Å²) in [6, 6.07) is 8.33. The molecule has 1 aliphatic heterocycles. The Hall–Kier alpha value is -2.25. The van der Waals surface area contributed by atoms with Crippen LogP contribution in [-0.2, 0) is 9.53 Å². The number of thiophene rings is 1. The topological polar surface area (TPSA) is 41.6 Å². The molecule has 7 heteroatoms. The van der Waals surface area contributed by atoms with Crippen LogP contribution in [0, 0.1) is 12.7 Å². The van der Waals surface area contributed by atoms with E-state index >= 15 is 0 Å². The lowest BCUT2D eigenvalue weighted by Gasteiger charge is -2.37. The zero-order valence-electron chi connectivity index (χ0n) is 14.0. The fourth-order valence-electron chi connectivity index (χ4n) is 2.82. The molecule has 4 nitrogen and oxygen atoms in total. The van der Waals surface area contributed by atoms with Gasteiger partial charge in [-0.15, -0.1) is 11.3 Å². The number of aryl methyl sites for hydroxylation is 1. The molecule has 0 radical (unpaired) electrons. The SMILES string of the molecule is COC(=O)C1=C(C)N(c2ccc(C)c(F)c2)C(=S)NC1c1cccs1. The first kappa shape index (κ1) is 17.6. The van der Waals surface area contributed by atoms with E-state index in [4.69, 9.17) is 17.0 Å². The second-order valence-corrected chi connectivity index (χ2v) is 7.02. The summed E-state index contributed by atoms with van der Waals surface area (Å²) < 4.78 is 19.0. The fourth-order valence-corrected chi connectivity index (χ4v) is 3.96. The number of ether oxygens (including phenoxy) is 1. The van der Waals surface area contributed by atoms with Crippen LogP contribution in [-0.4, -0.2) is 18.2 Å². The fraction of sp³-hybridized carbons (Fsp3) is 0.222. The number of rotatable bonds is 3. The Bertz CT molecular complexity index is 862. The van der Waals surface area contributed by atoms with Gasteiger partial charge in [-0.25, -0.2) is 9.18 Å². The largest absolute Gasteiger partial charge is 0.466 e. The van der Waals surface area contributed by atoms with Gasteiger partial charge in [-0.05, 0) is 55.2 Å². The van der Waals surface area contributed by atoms with Crippen LogP contribution in [0.25, 0.3) is 0 Å². The third kappa shape index (κ3) is 3.17. The molecule has 2 aromatic rings. The van der Waals surface area contributed by atoms with Crippen LogP contribution in [0.3, 0.4) is 0 Å². The second-order valence-electron chi connectivity index (χ2n) is 5.66. The number of thiocarbonyl (C=S) groups is 1. The minimum absolute atomic E-state index is 0.326. The van der Waals surface area contributed by atoms with Gasteiger partial charge < -0.3 is 10.1 Å². The van der Waals surface area contributed by atoms with Crippen LogP contribution in [0.15, 0.2) is 47.0 Å². The zero-order chi connectivity index (χ0) is 18.1. The predicted molar refractivity (Wildman–Crippen MR) is 101 cm³/mol. The molecule has 1 atom stereocenters. The Labute approximate surface area is 154 Å². The van der Waals surface area contributed by atoms with Crippen molar-refractivity contribution in [1.82, 2.24) is 5.32 Å². The zero-order valence-corrected chi connectivity index (χ0v) is 15.6. The van der Waals surface area contributed by atoms with Crippen LogP contribution in [0.4, 0.5) is 10.1 Å². The lowest BCUT2D eigenvalue weighted by atomic mass is 10.00. The molecule has 0 aliphatic carbocycles. The van der Waals surface area contributed by atoms with Crippen LogP contribution >= 0.6 is 23.6 Å². The quantitative estimate of drug-likeness (QED) is 0.646. The number of anilines is 1. The summed E-state index contributed by atoms with van der Waals surface area (Å²) in [6.45, 7) is 3.49. The number of nitrogens with one attached hydrogen (secondary N) is 1. The van der Waals surface area contributed by atoms with E-state index in [1.807, 2.05) is 17.5 Å². The monoisotopic (exact) mass is 376 g/mol. The van der Waals surface area contributed by atoms with Gasteiger partial charge in [0, 0.05) is 10.6 Å². The summed E-state index contributed by atoms with van der Waals surface area (Å²) in [5.74, 6) is -0.767. The van der Waals surface area contributed by atoms with Crippen molar-refractivity contribution in [3.63, 3.8) is 0 Å². The van der Waals surface area contributed by atoms with E-state index in [2.05, 4.69) is 5.32 Å². The summed E-state index contributed by atoms with van der Waals surface area (Å²) in [6.07, 6.45) is 0. The lowest BCUT2D eigenvalue weighted by Crippen LogP contribution is -2.47. The molecule has 0 saturated heterocycles. The summed E-state index contributed by atoms with van der Waals surface area (Å²) in [5, 5.41) is 5.53. The maximum Gasteiger partial charge on any atom is 0.338 e. The maximum atomic E-state index is 14.0. The van der Waals surface area contributed by atoms with Gasteiger partial charge in [0.1, 0.15) is 5.82 Å². The number of carbonyl (C=O) groups is 1. The minimum atomic E-state index is -0.441. The third-order valence-electron chi connectivity index (χ3n) is 4.13. The molecule has 0 saturated carbocycles. The molecule has 130 valence electrons. The average molecular weight is 376 g/mol. The van der Waals surface area contributed by atoms with E-state index in [0.717, 1.165) is 4.88 Å². The molecule has 3 rings (SSSR count). The normalized spacial score (nSPS) is 17.5. The summed E-state index contributed by atoms with van der Waals surface area (Å²) in [7, 11) is 1.34. The molecule has 1 aliphatic rings. The van der Waals surface area contributed by atoms with Crippen molar-refractivity contribution in [1.29, 1.82) is 0 Å². The number of carbonyl (C=O) groups excluding carboxylic acids is 1. The molecule has 25 heavy (non-hydrogen) atoms.